The van der Waals surface area contributed by atoms with Crippen molar-refractivity contribution in [2.75, 3.05) is 5.32 Å². The maximum atomic E-state index is 12.8. The summed E-state index contributed by atoms with van der Waals surface area (Å²) < 4.78 is 77.1. The first-order valence-corrected chi connectivity index (χ1v) is 7.70. The van der Waals surface area contributed by atoms with Gasteiger partial charge in [-0.05, 0) is 39.8 Å². The fraction of sp³-hybridized carbons (Fsp3) is 0.562. The third kappa shape index (κ3) is 5.19. The zero-order valence-corrected chi connectivity index (χ0v) is 15.7. The summed E-state index contributed by atoms with van der Waals surface area (Å²) in [5, 5.41) is 22.0. The van der Waals surface area contributed by atoms with Gasteiger partial charge in [-0.1, -0.05) is 12.1 Å². The highest BCUT2D eigenvalue weighted by molar-refractivity contribution is 5.92. The van der Waals surface area contributed by atoms with Gasteiger partial charge in [0.25, 0.3) is 5.60 Å². The quantitative estimate of drug-likeness (QED) is 0.429. The van der Waals surface area contributed by atoms with Crippen LogP contribution >= 0.6 is 0 Å². The summed E-state index contributed by atoms with van der Waals surface area (Å²) in [5.41, 5.74) is -6.29. The first-order chi connectivity index (χ1) is 11.6. The number of aliphatic hydroxyl groups is 1. The van der Waals surface area contributed by atoms with Crippen molar-refractivity contribution in [2.24, 2.45) is 0 Å². The molecule has 0 atom stereocenters. The molecular weight excluding hydrogens is 400 g/mol. The third-order valence-electron chi connectivity index (χ3n) is 3.74. The summed E-state index contributed by atoms with van der Waals surface area (Å²) in [6.45, 7) is 7.20. The van der Waals surface area contributed by atoms with E-state index in [-0.39, 0.29) is 36.1 Å². The molecule has 11 heteroatoms. The van der Waals surface area contributed by atoms with Crippen LogP contribution in [0, 0.1) is 0 Å². The summed E-state index contributed by atoms with van der Waals surface area (Å²) in [4.78, 5) is 1.57. The predicted octanol–water partition coefficient (Wildman–Crippen LogP) is 0.690. The molecule has 1 rings (SSSR count). The van der Waals surface area contributed by atoms with Crippen LogP contribution in [0.3, 0.4) is 0 Å². The maximum Gasteiger partial charge on any atom is 0.431 e. The van der Waals surface area contributed by atoms with Gasteiger partial charge in [-0.2, -0.15) is 26.3 Å². The van der Waals surface area contributed by atoms with E-state index >= 15 is 0 Å². The predicted molar refractivity (Wildman–Crippen MR) is 85.3 cm³/mol. The Morgan fingerprint density at radius 3 is 1.59 bits per heavy atom. The number of hydrogen-bond donors (Lipinski definition) is 2. The molecular formula is C16H20ClF6N3O. The Hall–Kier alpha value is -1.68. The highest BCUT2D eigenvalue weighted by Gasteiger charge is 2.71. The van der Waals surface area contributed by atoms with Crippen molar-refractivity contribution in [3.8, 4) is 0 Å². The summed E-state index contributed by atoms with van der Waals surface area (Å²) >= 11 is 0. The Balaban J connectivity index is 0.00000676. The lowest BCUT2D eigenvalue weighted by Gasteiger charge is -2.32. The van der Waals surface area contributed by atoms with E-state index in [1.807, 2.05) is 0 Å². The van der Waals surface area contributed by atoms with E-state index in [0.29, 0.717) is 12.1 Å². The molecule has 1 aromatic rings. The molecule has 0 aliphatic carbocycles. The van der Waals surface area contributed by atoms with Crippen molar-refractivity contribution in [3.05, 3.63) is 29.8 Å². The zero-order chi connectivity index (χ0) is 20.5. The lowest BCUT2D eigenvalue weighted by Crippen LogP contribution is -3.00. The number of halogens is 7. The number of nitrogens with zero attached hydrogens (tertiary/aromatic N) is 2. The highest BCUT2D eigenvalue weighted by Crippen LogP contribution is 2.50. The van der Waals surface area contributed by atoms with Crippen LogP contribution in [0.5, 0.6) is 0 Å². The van der Waals surface area contributed by atoms with E-state index in [2.05, 4.69) is 5.32 Å². The van der Waals surface area contributed by atoms with E-state index in [0.717, 1.165) is 12.1 Å². The van der Waals surface area contributed by atoms with Crippen molar-refractivity contribution >= 4 is 11.6 Å². The molecule has 0 saturated heterocycles. The number of rotatable bonds is 4. The molecule has 1 aromatic carbocycles. The lowest BCUT2D eigenvalue weighted by atomic mass is 9.92. The Labute approximate surface area is 159 Å². The Morgan fingerprint density at radius 1 is 0.926 bits per heavy atom. The number of benzene rings is 1. The topological polar surface area (TPSA) is 57.8 Å². The van der Waals surface area contributed by atoms with Crippen LogP contribution in [0.4, 0.5) is 32.0 Å². The summed E-state index contributed by atoms with van der Waals surface area (Å²) in [7, 11) is 0. The molecule has 0 heterocycles. The van der Waals surface area contributed by atoms with Gasteiger partial charge in [0, 0.05) is 5.56 Å². The fourth-order valence-electron chi connectivity index (χ4n) is 2.56. The number of anilines is 1. The number of guanidine groups is 1. The molecule has 0 fully saturated rings. The van der Waals surface area contributed by atoms with Crippen molar-refractivity contribution in [3.63, 3.8) is 0 Å². The van der Waals surface area contributed by atoms with Gasteiger partial charge in [-0.3, -0.25) is 4.90 Å². The van der Waals surface area contributed by atoms with Crippen LogP contribution in [-0.4, -0.2) is 40.4 Å². The van der Waals surface area contributed by atoms with Crippen LogP contribution in [0.15, 0.2) is 24.3 Å². The van der Waals surface area contributed by atoms with E-state index in [9.17, 15) is 36.9 Å². The minimum atomic E-state index is -5.94. The maximum absolute atomic E-state index is 12.8. The molecule has 0 unspecified atom stereocenters. The second-order valence-corrected chi connectivity index (χ2v) is 6.33. The minimum absolute atomic E-state index is 0. The average molecular weight is 420 g/mol. The third-order valence-corrected chi connectivity index (χ3v) is 3.74. The Kier molecular flexibility index (Phi) is 8.02. The first kappa shape index (κ1) is 25.3. The van der Waals surface area contributed by atoms with Gasteiger partial charge >= 0.3 is 18.3 Å². The van der Waals surface area contributed by atoms with Crippen molar-refractivity contribution in [1.82, 2.24) is 10.3 Å². The molecule has 0 saturated carbocycles. The molecule has 0 aliphatic heterocycles. The van der Waals surface area contributed by atoms with Gasteiger partial charge in [0.05, 0.1) is 17.8 Å². The standard InChI is InChI=1S/C16H20F6N3O.ClH/c1-9(2)25(10(3)4)13(23)24-12-7-5-11(6-8-12)14(26,15(17,18)19)16(20,21)22;/h5-10,24,26H,1-4H3;1H/q+1;/p-1. The van der Waals surface area contributed by atoms with E-state index < -0.39 is 23.5 Å². The fourth-order valence-corrected chi connectivity index (χ4v) is 2.56. The molecule has 154 valence electrons. The van der Waals surface area contributed by atoms with Crippen molar-refractivity contribution < 1.29 is 43.9 Å². The van der Waals surface area contributed by atoms with Gasteiger partial charge in [-0.15, -0.1) is 0 Å². The first-order valence-electron chi connectivity index (χ1n) is 7.70. The second-order valence-electron chi connectivity index (χ2n) is 6.33. The molecule has 0 aromatic heterocycles. The van der Waals surface area contributed by atoms with Crippen LogP contribution in [0.2, 0.25) is 0 Å². The average Bonchev–Trinajstić information content (AvgIpc) is 2.43. The van der Waals surface area contributed by atoms with Gasteiger partial charge in [-0.25, -0.2) is 5.32 Å². The van der Waals surface area contributed by atoms with Crippen LogP contribution in [0.25, 0.3) is 0 Å². The summed E-state index contributed by atoms with van der Waals surface area (Å²) in [6.07, 6.45) is -11.9. The molecule has 0 spiro atoms. The number of nitrogens with one attached hydrogen (secondary N) is 1. The van der Waals surface area contributed by atoms with Crippen molar-refractivity contribution in [1.29, 1.82) is 0 Å². The van der Waals surface area contributed by atoms with Crippen LogP contribution < -0.4 is 23.1 Å². The smallest absolute Gasteiger partial charge is 0.431 e. The highest BCUT2D eigenvalue weighted by atomic mass is 35.5. The van der Waals surface area contributed by atoms with E-state index in [4.69, 9.17) is 0 Å². The summed E-state index contributed by atoms with van der Waals surface area (Å²) in [6, 6.07) is 2.61. The number of alkyl halides is 6. The van der Waals surface area contributed by atoms with Crippen LogP contribution in [0.1, 0.15) is 33.3 Å². The SMILES string of the molecule is CC(C)N(C(=[N+])Nc1ccc(C(O)(C(F)(F)F)C(F)(F)F)cc1)C(C)C.[Cl-]. The summed E-state index contributed by atoms with van der Waals surface area (Å²) in [5.74, 6) is -0.301. The molecule has 2 radical (unpaired) electrons. The molecule has 2 N–H and O–H groups in total. The van der Waals surface area contributed by atoms with E-state index in [1.165, 1.54) is 0 Å². The Morgan fingerprint density at radius 2 is 1.30 bits per heavy atom. The molecule has 0 amide bonds. The molecule has 0 aliphatic rings. The molecule has 0 bridgehead atoms. The normalized spacial score (nSPS) is 12.8. The second kappa shape index (κ2) is 8.55. The van der Waals surface area contributed by atoms with Crippen molar-refractivity contribution in [2.45, 2.75) is 57.7 Å². The minimum Gasteiger partial charge on any atom is -1.00 e. The zero-order valence-electron chi connectivity index (χ0n) is 15.0. The largest absolute Gasteiger partial charge is 1.00 e. The molecule has 27 heavy (non-hydrogen) atoms. The van der Waals surface area contributed by atoms with E-state index in [1.54, 1.807) is 32.6 Å². The molecule has 4 nitrogen and oxygen atoms in total. The lowest BCUT2D eigenvalue weighted by molar-refractivity contribution is -0.376. The van der Waals surface area contributed by atoms with Gasteiger partial charge < -0.3 is 17.5 Å². The van der Waals surface area contributed by atoms with Crippen LogP contribution in [-0.2, 0) is 5.60 Å². The van der Waals surface area contributed by atoms with Gasteiger partial charge in [0.1, 0.15) is 5.41 Å². The monoisotopic (exact) mass is 419 g/mol. The number of hydrogen-bond acceptors (Lipinski definition) is 1. The van der Waals surface area contributed by atoms with Gasteiger partial charge in [0.15, 0.2) is 0 Å². The Bertz CT molecular complexity index is 607. The van der Waals surface area contributed by atoms with Gasteiger partial charge in [0.2, 0.25) is 0 Å².